The molecule has 0 unspecified atom stereocenters. The Morgan fingerprint density at radius 1 is 0.958 bits per heavy atom. The molecular formula is C19H22N2O2S. The van der Waals surface area contributed by atoms with Crippen LogP contribution < -0.4 is 10.6 Å². The highest BCUT2D eigenvalue weighted by Gasteiger charge is 2.53. The first kappa shape index (κ1) is 14.7. The van der Waals surface area contributed by atoms with E-state index in [0.717, 1.165) is 54.1 Å². The van der Waals surface area contributed by atoms with Gasteiger partial charge in [0.1, 0.15) is 0 Å². The van der Waals surface area contributed by atoms with Crippen molar-refractivity contribution in [3.8, 4) is 0 Å². The maximum absolute atomic E-state index is 13.0. The lowest BCUT2D eigenvalue weighted by Crippen LogP contribution is -2.54. The van der Waals surface area contributed by atoms with Crippen molar-refractivity contribution in [2.75, 3.05) is 0 Å². The number of benzene rings is 1. The maximum atomic E-state index is 13.0. The first-order chi connectivity index (χ1) is 11.6. The lowest BCUT2D eigenvalue weighted by molar-refractivity contribution is -0.0397. The largest absolute Gasteiger partial charge is 0.341 e. The van der Waals surface area contributed by atoms with Gasteiger partial charge in [-0.1, -0.05) is 30.3 Å². The molecule has 24 heavy (non-hydrogen) atoms. The fourth-order valence-electron chi connectivity index (χ4n) is 5.87. The van der Waals surface area contributed by atoms with Gasteiger partial charge in [0.15, 0.2) is 0 Å². The van der Waals surface area contributed by atoms with Gasteiger partial charge in [-0.3, -0.25) is 4.79 Å². The highest BCUT2D eigenvalue weighted by molar-refractivity contribution is 7.03. The van der Waals surface area contributed by atoms with Crippen LogP contribution in [-0.4, -0.2) is 8.52 Å². The topological polar surface area (TPSA) is 44.0 Å². The van der Waals surface area contributed by atoms with E-state index in [9.17, 15) is 9.59 Å². The minimum atomic E-state index is -0.111. The summed E-state index contributed by atoms with van der Waals surface area (Å²) in [5, 5.41) is 0. The van der Waals surface area contributed by atoms with E-state index in [4.69, 9.17) is 0 Å². The molecule has 4 aliphatic rings. The van der Waals surface area contributed by atoms with Gasteiger partial charge >= 0.3 is 10.6 Å². The summed E-state index contributed by atoms with van der Waals surface area (Å²) in [6.07, 6.45) is 7.33. The molecule has 4 aliphatic carbocycles. The van der Waals surface area contributed by atoms with E-state index >= 15 is 0 Å². The Kier molecular flexibility index (Phi) is 3.18. The first-order valence-electron chi connectivity index (χ1n) is 9.00. The molecule has 0 aliphatic heterocycles. The van der Waals surface area contributed by atoms with E-state index in [1.54, 1.807) is 0 Å². The quantitative estimate of drug-likeness (QED) is 0.860. The summed E-state index contributed by atoms with van der Waals surface area (Å²) in [5.74, 6) is 2.30. The summed E-state index contributed by atoms with van der Waals surface area (Å²) < 4.78 is 3.31. The third-order valence-corrected chi connectivity index (χ3v) is 7.52. The van der Waals surface area contributed by atoms with Crippen molar-refractivity contribution in [1.82, 2.24) is 8.52 Å². The van der Waals surface area contributed by atoms with E-state index < -0.39 is 0 Å². The van der Waals surface area contributed by atoms with Crippen LogP contribution in [0.1, 0.15) is 44.1 Å². The summed E-state index contributed by atoms with van der Waals surface area (Å²) in [6.45, 7) is 0.383. The molecule has 4 nitrogen and oxygen atoms in total. The number of rotatable bonds is 3. The Hall–Kier alpha value is -1.62. The lowest BCUT2D eigenvalue weighted by Gasteiger charge is -2.56. The fraction of sp³-hybridized carbons (Fsp3) is 0.579. The third kappa shape index (κ3) is 2.17. The van der Waals surface area contributed by atoms with Gasteiger partial charge in [0, 0.05) is 11.5 Å². The molecule has 4 fully saturated rings. The van der Waals surface area contributed by atoms with Crippen LogP contribution in [-0.2, 0) is 12.1 Å². The van der Waals surface area contributed by atoms with Crippen molar-refractivity contribution in [2.45, 2.75) is 50.6 Å². The van der Waals surface area contributed by atoms with Crippen molar-refractivity contribution in [2.24, 2.45) is 17.8 Å². The molecule has 0 N–H and O–H groups in total. The Balaban J connectivity index is 1.55. The number of nitrogens with zero attached hydrogens (tertiary/aromatic N) is 2. The van der Waals surface area contributed by atoms with Crippen LogP contribution in [0.5, 0.6) is 0 Å². The molecule has 5 heteroatoms. The molecule has 126 valence electrons. The zero-order chi connectivity index (χ0) is 16.3. The van der Waals surface area contributed by atoms with Gasteiger partial charge in [0.25, 0.3) is 0 Å². The maximum Gasteiger partial charge on any atom is 0.341 e. The molecule has 0 amide bonds. The molecule has 0 spiro atoms. The molecule has 2 aromatic rings. The second-order valence-electron chi connectivity index (χ2n) is 8.15. The van der Waals surface area contributed by atoms with Gasteiger partial charge in [0.2, 0.25) is 0 Å². The van der Waals surface area contributed by atoms with Gasteiger partial charge in [-0.25, -0.2) is 13.3 Å². The van der Waals surface area contributed by atoms with Gasteiger partial charge < -0.3 is 0 Å². The van der Waals surface area contributed by atoms with Crippen LogP contribution in [0, 0.1) is 17.8 Å². The van der Waals surface area contributed by atoms with Crippen molar-refractivity contribution in [3.05, 3.63) is 56.0 Å². The Bertz CT molecular complexity index is 841. The van der Waals surface area contributed by atoms with Gasteiger partial charge in [0.05, 0.1) is 12.1 Å². The smallest absolute Gasteiger partial charge is 0.255 e. The standard InChI is InChI=1S/C19H22N2O2S/c22-17-20(12-13-4-2-1-3-5-13)18(23)24-21(17)19-9-14-6-15(10-19)8-16(7-14)11-19/h1-5,14-16H,6-12H2. The first-order valence-corrected chi connectivity index (χ1v) is 9.78. The summed E-state index contributed by atoms with van der Waals surface area (Å²) in [6, 6.07) is 9.79. The van der Waals surface area contributed by atoms with E-state index in [-0.39, 0.29) is 16.1 Å². The average molecular weight is 342 g/mol. The van der Waals surface area contributed by atoms with Crippen molar-refractivity contribution in [3.63, 3.8) is 0 Å². The molecular weight excluding hydrogens is 320 g/mol. The average Bonchev–Trinajstić information content (AvgIpc) is 2.83. The van der Waals surface area contributed by atoms with Crippen molar-refractivity contribution in [1.29, 1.82) is 0 Å². The van der Waals surface area contributed by atoms with Gasteiger partial charge in [-0.2, -0.15) is 0 Å². The molecule has 0 radical (unpaired) electrons. The number of aromatic nitrogens is 2. The molecule has 1 aromatic carbocycles. The molecule has 0 atom stereocenters. The molecule has 0 saturated heterocycles. The predicted octanol–water partition coefficient (Wildman–Crippen LogP) is 3.05. The summed E-state index contributed by atoms with van der Waals surface area (Å²) in [7, 11) is 0. The van der Waals surface area contributed by atoms with E-state index in [2.05, 4.69) is 0 Å². The highest BCUT2D eigenvalue weighted by Crippen LogP contribution is 2.58. The normalized spacial score (nSPS) is 33.9. The molecule has 6 rings (SSSR count). The molecule has 1 heterocycles. The molecule has 4 saturated carbocycles. The van der Waals surface area contributed by atoms with Crippen molar-refractivity contribution >= 4 is 11.5 Å². The second-order valence-corrected chi connectivity index (χ2v) is 9.04. The lowest BCUT2D eigenvalue weighted by atomic mass is 9.53. The third-order valence-electron chi connectivity index (χ3n) is 6.41. The number of hydrogen-bond donors (Lipinski definition) is 0. The van der Waals surface area contributed by atoms with Crippen LogP contribution in [0.4, 0.5) is 0 Å². The predicted molar refractivity (Wildman–Crippen MR) is 94.5 cm³/mol. The van der Waals surface area contributed by atoms with Crippen LogP contribution >= 0.6 is 11.5 Å². The zero-order valence-corrected chi connectivity index (χ0v) is 14.5. The minimum Gasteiger partial charge on any atom is -0.255 e. The SMILES string of the molecule is O=c1sn(C23CC4CC(CC(C4)C2)C3)c(=O)n1Cc1ccccc1. The van der Waals surface area contributed by atoms with Crippen molar-refractivity contribution < 1.29 is 0 Å². The Labute approximate surface area is 144 Å². The van der Waals surface area contributed by atoms with Crippen LogP contribution in [0.3, 0.4) is 0 Å². The van der Waals surface area contributed by atoms with Crippen LogP contribution in [0.25, 0.3) is 0 Å². The number of hydrogen-bond acceptors (Lipinski definition) is 3. The van der Waals surface area contributed by atoms with E-state index in [0.29, 0.717) is 6.54 Å². The zero-order valence-electron chi connectivity index (χ0n) is 13.7. The van der Waals surface area contributed by atoms with Crippen LogP contribution in [0.15, 0.2) is 39.9 Å². The van der Waals surface area contributed by atoms with Gasteiger partial charge in [-0.15, -0.1) is 0 Å². The molecule has 4 bridgehead atoms. The minimum absolute atomic E-state index is 0.0579. The van der Waals surface area contributed by atoms with E-state index in [1.165, 1.54) is 23.8 Å². The monoisotopic (exact) mass is 342 g/mol. The Morgan fingerprint density at radius 3 is 2.12 bits per heavy atom. The fourth-order valence-corrected chi connectivity index (χ4v) is 6.86. The van der Waals surface area contributed by atoms with Crippen LogP contribution in [0.2, 0.25) is 0 Å². The second kappa shape index (κ2) is 5.19. The summed E-state index contributed by atoms with van der Waals surface area (Å²) >= 11 is 1.16. The highest BCUT2D eigenvalue weighted by atomic mass is 32.1. The summed E-state index contributed by atoms with van der Waals surface area (Å²) in [4.78, 5) is 25.5. The summed E-state index contributed by atoms with van der Waals surface area (Å²) in [5.41, 5.74) is 0.861. The van der Waals surface area contributed by atoms with E-state index in [1.807, 2.05) is 34.3 Å². The van der Waals surface area contributed by atoms with Gasteiger partial charge in [-0.05, 0) is 61.8 Å². The molecule has 1 aromatic heterocycles. The Morgan fingerprint density at radius 2 is 1.54 bits per heavy atom.